The SMILES string of the molecule is O[B-](O)(O)c1cnn([C@@H]2CCCCO2)c1. The quantitative estimate of drug-likeness (QED) is 0.531. The van der Waals surface area contributed by atoms with Crippen LogP contribution in [0.5, 0.6) is 0 Å². The van der Waals surface area contributed by atoms with Gasteiger partial charge in [-0.3, -0.25) is 0 Å². The second-order valence-corrected chi connectivity index (χ2v) is 3.81. The van der Waals surface area contributed by atoms with E-state index in [4.69, 9.17) is 19.8 Å². The minimum absolute atomic E-state index is 0.00386. The summed E-state index contributed by atoms with van der Waals surface area (Å²) in [5, 5.41) is 30.9. The van der Waals surface area contributed by atoms with E-state index in [0.29, 0.717) is 6.61 Å². The van der Waals surface area contributed by atoms with E-state index < -0.39 is 6.75 Å². The van der Waals surface area contributed by atoms with Crippen LogP contribution in [0.4, 0.5) is 0 Å². The lowest BCUT2D eigenvalue weighted by Crippen LogP contribution is -2.48. The number of rotatable bonds is 2. The molecule has 84 valence electrons. The second-order valence-electron chi connectivity index (χ2n) is 3.81. The van der Waals surface area contributed by atoms with E-state index in [1.807, 2.05) is 0 Å². The predicted molar refractivity (Wildman–Crippen MR) is 53.1 cm³/mol. The molecular weight excluding hydrogens is 199 g/mol. The molecule has 15 heavy (non-hydrogen) atoms. The zero-order valence-electron chi connectivity index (χ0n) is 8.28. The largest absolute Gasteiger partial charge is 0.556 e. The highest BCUT2D eigenvalue weighted by atomic mass is 16.5. The minimum Gasteiger partial charge on any atom is -0.556 e. The summed E-state index contributed by atoms with van der Waals surface area (Å²) in [5.41, 5.74) is 0.00386. The van der Waals surface area contributed by atoms with Crippen molar-refractivity contribution < 1.29 is 19.8 Å². The smallest absolute Gasteiger partial charge is 0.405 e. The molecule has 0 aliphatic carbocycles. The van der Waals surface area contributed by atoms with Crippen LogP contribution in [0, 0.1) is 0 Å². The molecule has 6 nitrogen and oxygen atoms in total. The molecule has 2 heterocycles. The van der Waals surface area contributed by atoms with Crippen molar-refractivity contribution >= 4 is 12.2 Å². The highest BCUT2D eigenvalue weighted by Gasteiger charge is 2.22. The molecule has 1 aliphatic heterocycles. The number of ether oxygens (including phenoxy) is 1. The first-order chi connectivity index (χ1) is 7.07. The Labute approximate surface area is 87.1 Å². The van der Waals surface area contributed by atoms with Crippen LogP contribution in [-0.4, -0.2) is 38.2 Å². The van der Waals surface area contributed by atoms with Gasteiger partial charge in [0.05, 0.1) is 0 Å². The third kappa shape index (κ3) is 2.38. The van der Waals surface area contributed by atoms with Gasteiger partial charge in [-0.25, -0.2) is 4.68 Å². The Morgan fingerprint density at radius 3 is 2.73 bits per heavy atom. The Morgan fingerprint density at radius 2 is 2.20 bits per heavy atom. The summed E-state index contributed by atoms with van der Waals surface area (Å²) >= 11 is 0. The van der Waals surface area contributed by atoms with E-state index in [-0.39, 0.29) is 11.7 Å². The van der Waals surface area contributed by atoms with Crippen molar-refractivity contribution in [3.63, 3.8) is 0 Å². The van der Waals surface area contributed by atoms with Crippen molar-refractivity contribution in [3.8, 4) is 0 Å². The standard InChI is InChI=1S/C8H14BN2O4/c12-9(13,14)7-5-10-11(6-7)8-3-1-2-4-15-8/h5-6,8,12-14H,1-4H2/q-1/t8-/m0/s1. The van der Waals surface area contributed by atoms with Gasteiger partial charge in [-0.05, 0) is 19.3 Å². The van der Waals surface area contributed by atoms with Crippen LogP contribution in [0.2, 0.25) is 0 Å². The lowest BCUT2D eigenvalue weighted by Gasteiger charge is -2.23. The number of hydrogen-bond donors (Lipinski definition) is 3. The summed E-state index contributed by atoms with van der Waals surface area (Å²) < 4.78 is 6.96. The fraction of sp³-hybridized carbons (Fsp3) is 0.625. The normalized spacial score (nSPS) is 23.0. The predicted octanol–water partition coefficient (Wildman–Crippen LogP) is -1.29. The summed E-state index contributed by atoms with van der Waals surface area (Å²) in [6.45, 7) is -2.76. The van der Waals surface area contributed by atoms with Gasteiger partial charge >= 0.3 is 6.75 Å². The van der Waals surface area contributed by atoms with Crippen molar-refractivity contribution in [2.45, 2.75) is 25.5 Å². The van der Waals surface area contributed by atoms with Gasteiger partial charge in [0.2, 0.25) is 0 Å². The summed E-state index contributed by atoms with van der Waals surface area (Å²) in [7, 11) is 0. The number of nitrogens with zero attached hydrogens (tertiary/aromatic N) is 2. The third-order valence-corrected chi connectivity index (χ3v) is 2.52. The van der Waals surface area contributed by atoms with Crippen LogP contribution in [0.15, 0.2) is 12.4 Å². The highest BCUT2D eigenvalue weighted by molar-refractivity contribution is 6.71. The third-order valence-electron chi connectivity index (χ3n) is 2.52. The number of hydrogen-bond acceptors (Lipinski definition) is 5. The first-order valence-corrected chi connectivity index (χ1v) is 5.05. The summed E-state index contributed by atoms with van der Waals surface area (Å²) in [5.74, 6) is 0. The molecule has 1 fully saturated rings. The van der Waals surface area contributed by atoms with E-state index in [2.05, 4.69) is 5.10 Å². The van der Waals surface area contributed by atoms with Gasteiger partial charge in [-0.2, -0.15) is 5.10 Å². The molecule has 1 atom stereocenters. The molecule has 1 aromatic rings. The van der Waals surface area contributed by atoms with Crippen LogP contribution in [0.25, 0.3) is 0 Å². The Balaban J connectivity index is 2.12. The van der Waals surface area contributed by atoms with Crippen molar-refractivity contribution in [2.24, 2.45) is 0 Å². The van der Waals surface area contributed by atoms with Crippen molar-refractivity contribution in [2.75, 3.05) is 6.61 Å². The zero-order valence-corrected chi connectivity index (χ0v) is 8.28. The van der Waals surface area contributed by atoms with E-state index in [1.54, 1.807) is 0 Å². The van der Waals surface area contributed by atoms with E-state index in [1.165, 1.54) is 17.1 Å². The molecule has 0 saturated carbocycles. The fourth-order valence-corrected chi connectivity index (χ4v) is 1.64. The van der Waals surface area contributed by atoms with Gasteiger partial charge in [0.1, 0.15) is 6.23 Å². The molecule has 7 heteroatoms. The molecule has 0 spiro atoms. The average Bonchev–Trinajstić information content (AvgIpc) is 2.67. The lowest BCUT2D eigenvalue weighted by molar-refractivity contribution is -0.0394. The molecule has 0 amide bonds. The van der Waals surface area contributed by atoms with Gasteiger partial charge in [0.15, 0.2) is 0 Å². The van der Waals surface area contributed by atoms with Gasteiger partial charge in [0, 0.05) is 19.0 Å². The topological polar surface area (TPSA) is 87.7 Å². The van der Waals surface area contributed by atoms with Crippen molar-refractivity contribution in [3.05, 3.63) is 12.4 Å². The summed E-state index contributed by atoms with van der Waals surface area (Å²) in [4.78, 5) is 0. The molecular formula is C8H14BN2O4-. The summed E-state index contributed by atoms with van der Waals surface area (Å²) in [6, 6.07) is 0. The number of aromatic nitrogens is 2. The maximum atomic E-state index is 8.98. The maximum Gasteiger partial charge on any atom is 0.405 e. The molecule has 1 saturated heterocycles. The molecule has 1 aromatic heterocycles. The zero-order chi connectivity index (χ0) is 10.9. The van der Waals surface area contributed by atoms with Crippen molar-refractivity contribution in [1.82, 2.24) is 9.78 Å². The van der Waals surface area contributed by atoms with E-state index >= 15 is 0 Å². The molecule has 0 aromatic carbocycles. The first kappa shape index (κ1) is 10.6. The lowest BCUT2D eigenvalue weighted by atomic mass is 9.73. The Hall–Kier alpha value is -0.885. The first-order valence-electron chi connectivity index (χ1n) is 5.05. The van der Waals surface area contributed by atoms with Gasteiger partial charge in [-0.15, -0.1) is 0 Å². The highest BCUT2D eigenvalue weighted by Crippen LogP contribution is 2.20. The molecule has 3 N–H and O–H groups in total. The molecule has 0 unspecified atom stereocenters. The van der Waals surface area contributed by atoms with Gasteiger partial charge in [-0.1, -0.05) is 5.46 Å². The molecule has 0 radical (unpaired) electrons. The van der Waals surface area contributed by atoms with Crippen LogP contribution in [-0.2, 0) is 4.74 Å². The van der Waals surface area contributed by atoms with Crippen molar-refractivity contribution in [1.29, 1.82) is 0 Å². The van der Waals surface area contributed by atoms with Crippen LogP contribution in [0.3, 0.4) is 0 Å². The van der Waals surface area contributed by atoms with E-state index in [0.717, 1.165) is 19.3 Å². The maximum absolute atomic E-state index is 8.98. The molecule has 1 aliphatic rings. The van der Waals surface area contributed by atoms with Crippen LogP contribution < -0.4 is 5.46 Å². The van der Waals surface area contributed by atoms with Gasteiger partial charge in [0.25, 0.3) is 0 Å². The minimum atomic E-state index is -3.45. The van der Waals surface area contributed by atoms with E-state index in [9.17, 15) is 0 Å². The monoisotopic (exact) mass is 213 g/mol. The van der Waals surface area contributed by atoms with Crippen LogP contribution >= 0.6 is 0 Å². The second kappa shape index (κ2) is 3.94. The fourth-order valence-electron chi connectivity index (χ4n) is 1.64. The Kier molecular flexibility index (Phi) is 2.79. The Morgan fingerprint density at radius 1 is 1.40 bits per heavy atom. The van der Waals surface area contributed by atoms with Crippen LogP contribution in [0.1, 0.15) is 25.5 Å². The molecule has 2 rings (SSSR count). The summed E-state index contributed by atoms with van der Waals surface area (Å²) in [6.07, 6.45) is 5.43. The average molecular weight is 213 g/mol. The Bertz CT molecular complexity index is 330. The molecule has 0 bridgehead atoms. The van der Waals surface area contributed by atoms with Gasteiger partial charge < -0.3 is 19.8 Å².